The van der Waals surface area contributed by atoms with E-state index < -0.39 is 30.4 Å². The number of fused-ring (bicyclic) bond motifs is 1. The van der Waals surface area contributed by atoms with Crippen molar-refractivity contribution < 1.29 is 27.2 Å². The summed E-state index contributed by atoms with van der Waals surface area (Å²) in [6, 6.07) is 11.2. The first-order chi connectivity index (χ1) is 15.3. The van der Waals surface area contributed by atoms with Crippen LogP contribution in [0.3, 0.4) is 0 Å². The van der Waals surface area contributed by atoms with E-state index in [1.54, 1.807) is 6.07 Å². The number of nitrogens with one attached hydrogen (secondary N) is 2. The molecule has 9 heteroatoms. The number of pyridine rings is 1. The van der Waals surface area contributed by atoms with Crippen molar-refractivity contribution in [2.24, 2.45) is 0 Å². The van der Waals surface area contributed by atoms with Crippen LogP contribution in [0.25, 0.3) is 0 Å². The van der Waals surface area contributed by atoms with E-state index in [0.717, 1.165) is 6.07 Å². The van der Waals surface area contributed by atoms with Gasteiger partial charge >= 0.3 is 6.18 Å². The zero-order chi connectivity index (χ0) is 22.9. The average molecular weight is 443 g/mol. The quantitative estimate of drug-likeness (QED) is 0.567. The molecule has 4 rings (SSSR count). The summed E-state index contributed by atoms with van der Waals surface area (Å²) in [4.78, 5) is 28.5. The Morgan fingerprint density at radius 2 is 1.88 bits per heavy atom. The van der Waals surface area contributed by atoms with Gasteiger partial charge in [0.15, 0.2) is 0 Å². The molecule has 32 heavy (non-hydrogen) atoms. The minimum Gasteiger partial charge on any atom is -0.340 e. The summed E-state index contributed by atoms with van der Waals surface area (Å²) in [5, 5.41) is 5.27. The van der Waals surface area contributed by atoms with E-state index >= 15 is 0 Å². The van der Waals surface area contributed by atoms with Crippen molar-refractivity contribution in [1.29, 1.82) is 0 Å². The van der Waals surface area contributed by atoms with Crippen LogP contribution in [0.4, 0.5) is 23.2 Å². The van der Waals surface area contributed by atoms with Gasteiger partial charge in [-0.15, -0.1) is 0 Å². The van der Waals surface area contributed by atoms with Crippen LogP contribution in [0, 0.1) is 0 Å². The maximum Gasteiger partial charge on any atom is 0.418 e. The molecular formula is C23H17F4N3O2. The highest BCUT2D eigenvalue weighted by Gasteiger charge is 2.37. The maximum atomic E-state index is 13.6. The molecule has 3 aromatic rings. The third-order valence-corrected chi connectivity index (χ3v) is 5.15. The van der Waals surface area contributed by atoms with Gasteiger partial charge in [-0.05, 0) is 47.0 Å². The Balaban J connectivity index is 1.73. The minimum atomic E-state index is -4.69. The molecule has 2 N–H and O–H groups in total. The fourth-order valence-corrected chi connectivity index (χ4v) is 3.58. The van der Waals surface area contributed by atoms with E-state index in [1.807, 2.05) is 0 Å². The number of alkyl halides is 4. The number of amides is 2. The zero-order valence-corrected chi connectivity index (χ0v) is 16.5. The van der Waals surface area contributed by atoms with Crippen molar-refractivity contribution in [3.05, 3.63) is 94.3 Å². The number of carbonyl (C=O) groups excluding carboxylic acids is 2. The number of hydrogen-bond donors (Lipinski definition) is 2. The number of rotatable bonds is 5. The fourth-order valence-electron chi connectivity index (χ4n) is 3.58. The fraction of sp³-hybridized carbons (Fsp3) is 0.174. The van der Waals surface area contributed by atoms with Crippen LogP contribution in [0.2, 0.25) is 0 Å². The zero-order valence-electron chi connectivity index (χ0n) is 16.5. The summed E-state index contributed by atoms with van der Waals surface area (Å²) in [5.74, 6) is -0.836. The molecule has 0 bridgehead atoms. The number of halogens is 4. The highest BCUT2D eigenvalue weighted by atomic mass is 19.4. The van der Waals surface area contributed by atoms with Crippen molar-refractivity contribution in [3.63, 3.8) is 0 Å². The van der Waals surface area contributed by atoms with Crippen LogP contribution < -0.4 is 10.6 Å². The Morgan fingerprint density at radius 3 is 2.56 bits per heavy atom. The van der Waals surface area contributed by atoms with Crippen molar-refractivity contribution in [2.75, 3.05) is 5.32 Å². The lowest BCUT2D eigenvalue weighted by atomic mass is 9.97. The van der Waals surface area contributed by atoms with Gasteiger partial charge in [-0.3, -0.25) is 14.6 Å². The predicted octanol–water partition coefficient (Wildman–Crippen LogP) is 4.58. The molecule has 0 saturated carbocycles. The Labute approximate surface area is 180 Å². The van der Waals surface area contributed by atoms with E-state index in [0.29, 0.717) is 22.4 Å². The van der Waals surface area contributed by atoms with E-state index in [4.69, 9.17) is 0 Å². The average Bonchev–Trinajstić information content (AvgIpc) is 3.16. The standard InChI is InChI=1S/C23H17F4N3O2/c24-12-13-3-5-14(6-4-13)20(21-17(23(25,26)27)2-1-9-28-21)30-22(32)15-7-8-18-16(10-15)11-19(31)29-18/h1-10,20H,11-12H2,(H,29,31)(H,30,32)/t20-/m0/s1. The normalized spacial score (nSPS) is 13.9. The van der Waals surface area contributed by atoms with Crippen molar-refractivity contribution in [1.82, 2.24) is 10.3 Å². The van der Waals surface area contributed by atoms with Gasteiger partial charge < -0.3 is 10.6 Å². The summed E-state index contributed by atoms with van der Waals surface area (Å²) in [5.41, 5.74) is 0.719. The molecule has 1 aliphatic rings. The summed E-state index contributed by atoms with van der Waals surface area (Å²) < 4.78 is 53.9. The van der Waals surface area contributed by atoms with E-state index in [9.17, 15) is 27.2 Å². The first-order valence-electron chi connectivity index (χ1n) is 9.67. The molecule has 0 fully saturated rings. The second kappa shape index (κ2) is 8.41. The number of carbonyl (C=O) groups is 2. The van der Waals surface area contributed by atoms with Crippen LogP contribution in [0.5, 0.6) is 0 Å². The lowest BCUT2D eigenvalue weighted by Crippen LogP contribution is -2.31. The molecule has 0 spiro atoms. The second-order valence-corrected chi connectivity index (χ2v) is 7.31. The predicted molar refractivity (Wildman–Crippen MR) is 109 cm³/mol. The van der Waals surface area contributed by atoms with Crippen molar-refractivity contribution in [3.8, 4) is 0 Å². The summed E-state index contributed by atoms with van der Waals surface area (Å²) >= 11 is 0. The van der Waals surface area contributed by atoms with Crippen LogP contribution in [0.15, 0.2) is 60.8 Å². The van der Waals surface area contributed by atoms with E-state index in [-0.39, 0.29) is 23.6 Å². The molecular weight excluding hydrogens is 426 g/mol. The number of aromatic nitrogens is 1. The second-order valence-electron chi connectivity index (χ2n) is 7.31. The third kappa shape index (κ3) is 4.32. The van der Waals surface area contributed by atoms with Crippen molar-refractivity contribution in [2.45, 2.75) is 25.3 Å². The van der Waals surface area contributed by atoms with Gasteiger partial charge in [0.05, 0.1) is 23.7 Å². The van der Waals surface area contributed by atoms with Crippen LogP contribution >= 0.6 is 0 Å². The Bertz CT molecular complexity index is 1180. The highest BCUT2D eigenvalue weighted by molar-refractivity contribution is 6.01. The molecule has 2 amide bonds. The Hall–Kier alpha value is -3.75. The molecule has 2 heterocycles. The van der Waals surface area contributed by atoms with Crippen LogP contribution in [-0.4, -0.2) is 16.8 Å². The molecule has 1 aromatic heterocycles. The number of hydrogen-bond acceptors (Lipinski definition) is 3. The summed E-state index contributed by atoms with van der Waals surface area (Å²) in [7, 11) is 0. The molecule has 0 unspecified atom stereocenters. The molecule has 164 valence electrons. The number of nitrogens with zero attached hydrogens (tertiary/aromatic N) is 1. The topological polar surface area (TPSA) is 71.1 Å². The van der Waals surface area contributed by atoms with Crippen LogP contribution in [-0.2, 0) is 24.1 Å². The molecule has 0 saturated heterocycles. The van der Waals surface area contributed by atoms with Gasteiger partial charge in [0, 0.05) is 17.4 Å². The first kappa shape index (κ1) is 21.5. The lowest BCUT2D eigenvalue weighted by molar-refractivity contribution is -0.138. The Kier molecular flexibility index (Phi) is 5.65. The Morgan fingerprint density at radius 1 is 1.12 bits per heavy atom. The minimum absolute atomic E-state index is 0.114. The van der Waals surface area contributed by atoms with E-state index in [2.05, 4.69) is 15.6 Å². The molecule has 0 aliphatic carbocycles. The lowest BCUT2D eigenvalue weighted by Gasteiger charge is -2.22. The van der Waals surface area contributed by atoms with Gasteiger partial charge in [-0.2, -0.15) is 13.2 Å². The van der Waals surface area contributed by atoms with Gasteiger partial charge in [0.25, 0.3) is 5.91 Å². The monoisotopic (exact) mass is 443 g/mol. The van der Waals surface area contributed by atoms with Gasteiger partial charge in [0.1, 0.15) is 6.67 Å². The molecule has 1 atom stereocenters. The van der Waals surface area contributed by atoms with Gasteiger partial charge in [-0.25, -0.2) is 4.39 Å². The number of benzene rings is 2. The summed E-state index contributed by atoms with van der Waals surface area (Å²) in [6.45, 7) is -0.726. The molecule has 5 nitrogen and oxygen atoms in total. The van der Waals surface area contributed by atoms with Gasteiger partial charge in [-0.1, -0.05) is 24.3 Å². The first-order valence-corrected chi connectivity index (χ1v) is 9.67. The highest BCUT2D eigenvalue weighted by Crippen LogP contribution is 2.35. The third-order valence-electron chi connectivity index (χ3n) is 5.15. The summed E-state index contributed by atoms with van der Waals surface area (Å²) in [6.07, 6.45) is -3.36. The molecule has 2 aromatic carbocycles. The molecule has 1 aliphatic heterocycles. The van der Waals surface area contributed by atoms with Gasteiger partial charge in [0.2, 0.25) is 5.91 Å². The van der Waals surface area contributed by atoms with Crippen molar-refractivity contribution >= 4 is 17.5 Å². The SMILES string of the molecule is O=C1Cc2cc(C(=O)N[C@@H](c3ccc(CF)cc3)c3ncccc3C(F)(F)F)ccc2N1. The molecule has 0 radical (unpaired) electrons. The van der Waals surface area contributed by atoms with Crippen LogP contribution in [0.1, 0.15) is 44.3 Å². The largest absolute Gasteiger partial charge is 0.418 e. The number of anilines is 1. The smallest absolute Gasteiger partial charge is 0.340 e. The maximum absolute atomic E-state index is 13.6. The van der Waals surface area contributed by atoms with E-state index in [1.165, 1.54) is 48.7 Å².